The van der Waals surface area contributed by atoms with Gasteiger partial charge in [-0.2, -0.15) is 0 Å². The van der Waals surface area contributed by atoms with Crippen LogP contribution in [0.25, 0.3) is 0 Å². The van der Waals surface area contributed by atoms with Gasteiger partial charge in [-0.25, -0.2) is 0 Å². The van der Waals surface area contributed by atoms with Crippen LogP contribution in [0, 0.1) is 0 Å². The van der Waals surface area contributed by atoms with Crippen molar-refractivity contribution < 1.29 is 0 Å². The van der Waals surface area contributed by atoms with E-state index < -0.39 is 0 Å². The topological polar surface area (TPSA) is 12.4 Å². The molecule has 0 radical (unpaired) electrons. The molecule has 0 aromatic heterocycles. The van der Waals surface area contributed by atoms with E-state index in [0.29, 0.717) is 0 Å². The summed E-state index contributed by atoms with van der Waals surface area (Å²) in [6, 6.07) is 6.58. The molecular formula is C11H13N. The summed E-state index contributed by atoms with van der Waals surface area (Å²) in [5.41, 5.74) is 4.00. The number of rotatable bonds is 1. The van der Waals surface area contributed by atoms with Crippen molar-refractivity contribution in [2.24, 2.45) is 4.99 Å². The molecule has 0 atom stereocenters. The van der Waals surface area contributed by atoms with Crippen molar-refractivity contribution in [3.05, 3.63) is 29.3 Å². The number of aliphatic imine (C=N–C) groups is 1. The van der Waals surface area contributed by atoms with Crippen LogP contribution in [0.3, 0.4) is 0 Å². The van der Waals surface area contributed by atoms with Gasteiger partial charge in [0.1, 0.15) is 0 Å². The largest absolute Gasteiger partial charge is 0.261 e. The SMILES string of the molecule is CCc1ccc2c(c1)CCC=N2. The van der Waals surface area contributed by atoms with Crippen molar-refractivity contribution in [1.82, 2.24) is 0 Å². The van der Waals surface area contributed by atoms with E-state index in [1.807, 2.05) is 6.21 Å². The van der Waals surface area contributed by atoms with Gasteiger partial charge in [-0.15, -0.1) is 0 Å². The summed E-state index contributed by atoms with van der Waals surface area (Å²) < 4.78 is 0. The summed E-state index contributed by atoms with van der Waals surface area (Å²) in [6.07, 6.45) is 5.39. The Morgan fingerprint density at radius 3 is 3.17 bits per heavy atom. The first kappa shape index (κ1) is 7.53. The maximum absolute atomic E-state index is 4.34. The molecule has 0 bridgehead atoms. The van der Waals surface area contributed by atoms with E-state index >= 15 is 0 Å². The van der Waals surface area contributed by atoms with E-state index in [0.717, 1.165) is 19.3 Å². The highest BCUT2D eigenvalue weighted by Gasteiger charge is 2.04. The summed E-state index contributed by atoms with van der Waals surface area (Å²) in [6.45, 7) is 2.19. The first-order valence-electron chi connectivity index (χ1n) is 4.54. The Hall–Kier alpha value is -1.11. The van der Waals surface area contributed by atoms with Crippen LogP contribution >= 0.6 is 0 Å². The molecule has 1 heteroatoms. The first-order chi connectivity index (χ1) is 5.90. The fourth-order valence-corrected chi connectivity index (χ4v) is 1.57. The van der Waals surface area contributed by atoms with Crippen molar-refractivity contribution in [1.29, 1.82) is 0 Å². The van der Waals surface area contributed by atoms with Gasteiger partial charge in [-0.1, -0.05) is 19.1 Å². The predicted molar refractivity (Wildman–Crippen MR) is 52.3 cm³/mol. The van der Waals surface area contributed by atoms with Gasteiger partial charge in [0.2, 0.25) is 0 Å². The van der Waals surface area contributed by atoms with Crippen LogP contribution in [0.2, 0.25) is 0 Å². The average molecular weight is 159 g/mol. The normalized spacial score (nSPS) is 14.4. The molecular weight excluding hydrogens is 146 g/mol. The van der Waals surface area contributed by atoms with Crippen LogP contribution < -0.4 is 0 Å². The minimum Gasteiger partial charge on any atom is -0.261 e. The van der Waals surface area contributed by atoms with Gasteiger partial charge in [0.05, 0.1) is 5.69 Å². The zero-order valence-electron chi connectivity index (χ0n) is 7.38. The molecule has 1 aromatic rings. The molecule has 1 aliphatic rings. The molecule has 1 heterocycles. The molecule has 1 nitrogen and oxygen atoms in total. The van der Waals surface area contributed by atoms with Crippen molar-refractivity contribution in [3.63, 3.8) is 0 Å². The highest BCUT2D eigenvalue weighted by Crippen LogP contribution is 2.24. The lowest BCUT2D eigenvalue weighted by Crippen LogP contribution is -1.94. The van der Waals surface area contributed by atoms with E-state index in [2.05, 4.69) is 30.1 Å². The summed E-state index contributed by atoms with van der Waals surface area (Å²) in [4.78, 5) is 4.34. The smallest absolute Gasteiger partial charge is 0.0657 e. The predicted octanol–water partition coefficient (Wildman–Crippen LogP) is 2.90. The third-order valence-electron chi connectivity index (χ3n) is 2.33. The summed E-state index contributed by atoms with van der Waals surface area (Å²) in [7, 11) is 0. The van der Waals surface area contributed by atoms with Gasteiger partial charge in [-0.05, 0) is 36.5 Å². The summed E-state index contributed by atoms with van der Waals surface area (Å²) in [5.74, 6) is 0. The molecule has 12 heavy (non-hydrogen) atoms. The maximum atomic E-state index is 4.34. The molecule has 1 aromatic carbocycles. The van der Waals surface area contributed by atoms with Gasteiger partial charge in [0, 0.05) is 6.21 Å². The van der Waals surface area contributed by atoms with Gasteiger partial charge >= 0.3 is 0 Å². The molecule has 1 aliphatic heterocycles. The number of aryl methyl sites for hydroxylation is 2. The van der Waals surface area contributed by atoms with Crippen LogP contribution in [-0.2, 0) is 12.8 Å². The van der Waals surface area contributed by atoms with Gasteiger partial charge in [-0.3, -0.25) is 4.99 Å². The van der Waals surface area contributed by atoms with Crippen LogP contribution in [0.5, 0.6) is 0 Å². The molecule has 62 valence electrons. The molecule has 2 rings (SSSR count). The Morgan fingerprint density at radius 2 is 2.33 bits per heavy atom. The van der Waals surface area contributed by atoms with Gasteiger partial charge in [0.25, 0.3) is 0 Å². The number of hydrogen-bond acceptors (Lipinski definition) is 1. The molecule has 0 spiro atoms. The molecule has 0 saturated carbocycles. The van der Waals surface area contributed by atoms with E-state index in [1.54, 1.807) is 0 Å². The Morgan fingerprint density at radius 1 is 1.42 bits per heavy atom. The molecule has 0 unspecified atom stereocenters. The van der Waals surface area contributed by atoms with Crippen LogP contribution in [0.1, 0.15) is 24.5 Å². The van der Waals surface area contributed by atoms with E-state index in [4.69, 9.17) is 0 Å². The third kappa shape index (κ3) is 1.27. The van der Waals surface area contributed by atoms with Crippen molar-refractivity contribution in [3.8, 4) is 0 Å². The Labute approximate surface area is 73.1 Å². The first-order valence-corrected chi connectivity index (χ1v) is 4.54. The highest BCUT2D eigenvalue weighted by atomic mass is 14.7. The quantitative estimate of drug-likeness (QED) is 0.597. The highest BCUT2D eigenvalue weighted by molar-refractivity contribution is 5.68. The third-order valence-corrected chi connectivity index (χ3v) is 2.33. The monoisotopic (exact) mass is 159 g/mol. The second-order valence-electron chi connectivity index (χ2n) is 3.17. The Kier molecular flexibility index (Phi) is 1.94. The average Bonchev–Trinajstić information content (AvgIpc) is 2.17. The fraction of sp³-hybridized carbons (Fsp3) is 0.364. The lowest BCUT2D eigenvalue weighted by molar-refractivity contribution is 1.01. The molecule has 0 saturated heterocycles. The van der Waals surface area contributed by atoms with E-state index in [1.165, 1.54) is 16.8 Å². The minimum atomic E-state index is 1.10. The summed E-state index contributed by atoms with van der Waals surface area (Å²) >= 11 is 0. The van der Waals surface area contributed by atoms with Crippen LogP contribution in [0.4, 0.5) is 5.69 Å². The van der Waals surface area contributed by atoms with Crippen LogP contribution in [0.15, 0.2) is 23.2 Å². The van der Waals surface area contributed by atoms with Gasteiger partial charge < -0.3 is 0 Å². The summed E-state index contributed by atoms with van der Waals surface area (Å²) in [5, 5.41) is 0. The number of benzene rings is 1. The molecule has 0 amide bonds. The van der Waals surface area contributed by atoms with E-state index in [-0.39, 0.29) is 0 Å². The standard InChI is InChI=1S/C11H13N/c1-2-9-5-6-11-10(8-9)4-3-7-12-11/h5-8H,2-4H2,1H3. The van der Waals surface area contributed by atoms with Gasteiger partial charge in [0.15, 0.2) is 0 Å². The lowest BCUT2D eigenvalue weighted by atomic mass is 10.0. The number of nitrogens with zero attached hydrogens (tertiary/aromatic N) is 1. The Bertz CT molecular complexity index is 313. The second-order valence-corrected chi connectivity index (χ2v) is 3.17. The molecule has 0 aliphatic carbocycles. The van der Waals surface area contributed by atoms with Crippen molar-refractivity contribution in [2.45, 2.75) is 26.2 Å². The molecule has 0 N–H and O–H groups in total. The van der Waals surface area contributed by atoms with Crippen molar-refractivity contribution in [2.75, 3.05) is 0 Å². The zero-order valence-corrected chi connectivity index (χ0v) is 7.38. The zero-order chi connectivity index (χ0) is 8.39. The molecule has 0 fully saturated rings. The lowest BCUT2D eigenvalue weighted by Gasteiger charge is -2.10. The number of hydrogen-bond donors (Lipinski definition) is 0. The van der Waals surface area contributed by atoms with Crippen molar-refractivity contribution >= 4 is 11.9 Å². The van der Waals surface area contributed by atoms with Crippen LogP contribution in [-0.4, -0.2) is 6.21 Å². The maximum Gasteiger partial charge on any atom is 0.0657 e. The Balaban J connectivity index is 2.44. The van der Waals surface area contributed by atoms with E-state index in [9.17, 15) is 0 Å². The fourth-order valence-electron chi connectivity index (χ4n) is 1.57. The minimum absolute atomic E-state index is 1.10. The second kappa shape index (κ2) is 3.10. The number of fused-ring (bicyclic) bond motifs is 1.